The van der Waals surface area contributed by atoms with Crippen LogP contribution in [0.1, 0.15) is 44.3 Å². The fraction of sp³-hybridized carbons (Fsp3) is 0.667. The lowest BCUT2D eigenvalue weighted by Crippen LogP contribution is -2.17. The van der Waals surface area contributed by atoms with Gasteiger partial charge in [0.2, 0.25) is 0 Å². The van der Waals surface area contributed by atoms with E-state index in [-0.39, 0.29) is 11.5 Å². The lowest BCUT2D eigenvalue weighted by atomic mass is 9.90. The van der Waals surface area contributed by atoms with Crippen LogP contribution in [0.2, 0.25) is 0 Å². The predicted molar refractivity (Wildman–Crippen MR) is 53.4 cm³/mol. The Morgan fingerprint density at radius 3 is 2.42 bits per heavy atom. The highest BCUT2D eigenvalue weighted by Gasteiger charge is 2.22. The molecule has 0 radical (unpaired) electrons. The first-order valence-electron chi connectivity index (χ1n) is 4.12. The van der Waals surface area contributed by atoms with Gasteiger partial charge in [-0.1, -0.05) is 20.8 Å². The third-order valence-corrected chi connectivity index (χ3v) is 2.75. The second-order valence-electron chi connectivity index (χ2n) is 4.10. The highest BCUT2D eigenvalue weighted by Crippen LogP contribution is 2.30. The third-order valence-electron chi connectivity index (χ3n) is 1.72. The summed E-state index contributed by atoms with van der Waals surface area (Å²) in [5.74, 6) is 0. The van der Waals surface area contributed by atoms with Crippen LogP contribution < -0.4 is 5.73 Å². The molecule has 12 heavy (non-hydrogen) atoms. The molecule has 1 aromatic heterocycles. The summed E-state index contributed by atoms with van der Waals surface area (Å²) in [4.78, 5) is 5.56. The van der Waals surface area contributed by atoms with Crippen LogP contribution in [0, 0.1) is 0 Å². The summed E-state index contributed by atoms with van der Waals surface area (Å²) in [5, 5.41) is 0. The van der Waals surface area contributed by atoms with Crippen LogP contribution in [0.4, 0.5) is 0 Å². The van der Waals surface area contributed by atoms with E-state index >= 15 is 0 Å². The molecule has 0 saturated heterocycles. The summed E-state index contributed by atoms with van der Waals surface area (Å²) >= 11 is 1.65. The summed E-state index contributed by atoms with van der Waals surface area (Å²) in [6, 6.07) is 0.103. The third kappa shape index (κ3) is 1.84. The van der Waals surface area contributed by atoms with E-state index in [1.54, 1.807) is 11.3 Å². The number of rotatable bonds is 1. The zero-order valence-corrected chi connectivity index (χ0v) is 8.90. The van der Waals surface area contributed by atoms with Crippen LogP contribution in [0.25, 0.3) is 0 Å². The van der Waals surface area contributed by atoms with Gasteiger partial charge < -0.3 is 5.73 Å². The summed E-state index contributed by atoms with van der Waals surface area (Å²) in [6.07, 6.45) is 0. The highest BCUT2D eigenvalue weighted by molar-refractivity contribution is 7.09. The fourth-order valence-corrected chi connectivity index (χ4v) is 2.10. The lowest BCUT2D eigenvalue weighted by Gasteiger charge is -2.18. The van der Waals surface area contributed by atoms with Crippen molar-refractivity contribution in [1.82, 2.24) is 4.98 Å². The van der Waals surface area contributed by atoms with Crippen molar-refractivity contribution in [1.29, 1.82) is 0 Å². The summed E-state index contributed by atoms with van der Waals surface area (Å²) in [5.41, 5.74) is 8.96. The van der Waals surface area contributed by atoms with Gasteiger partial charge in [-0.3, -0.25) is 0 Å². The van der Waals surface area contributed by atoms with E-state index in [0.717, 1.165) is 5.69 Å². The van der Waals surface area contributed by atoms with Gasteiger partial charge in [0, 0.05) is 16.3 Å². The van der Waals surface area contributed by atoms with Crippen LogP contribution in [-0.4, -0.2) is 4.98 Å². The Morgan fingerprint density at radius 1 is 1.50 bits per heavy atom. The van der Waals surface area contributed by atoms with E-state index < -0.39 is 0 Å². The molecule has 3 heteroatoms. The molecule has 0 aromatic carbocycles. The molecule has 0 spiro atoms. The van der Waals surface area contributed by atoms with Gasteiger partial charge in [0.15, 0.2) is 0 Å². The minimum atomic E-state index is 0.103. The number of nitrogens with zero attached hydrogens (tertiary/aromatic N) is 1. The van der Waals surface area contributed by atoms with E-state index in [0.29, 0.717) is 0 Å². The zero-order valence-electron chi connectivity index (χ0n) is 8.09. The Balaban J connectivity index is 3.08. The van der Waals surface area contributed by atoms with Crippen LogP contribution in [0.5, 0.6) is 0 Å². The first-order valence-corrected chi connectivity index (χ1v) is 5.00. The molecule has 1 atom stereocenters. The number of thiazole rings is 1. The van der Waals surface area contributed by atoms with E-state index in [4.69, 9.17) is 5.73 Å². The van der Waals surface area contributed by atoms with Gasteiger partial charge in [0.1, 0.15) is 0 Å². The molecule has 1 heterocycles. The molecular weight excluding hydrogens is 168 g/mol. The second kappa shape index (κ2) is 3.15. The molecule has 1 unspecified atom stereocenters. The van der Waals surface area contributed by atoms with Crippen LogP contribution in [-0.2, 0) is 5.41 Å². The topological polar surface area (TPSA) is 38.9 Å². The smallest absolute Gasteiger partial charge is 0.0798 e. The monoisotopic (exact) mass is 184 g/mol. The molecule has 0 saturated carbocycles. The van der Waals surface area contributed by atoms with Crippen LogP contribution >= 0.6 is 11.3 Å². The average Bonchev–Trinajstić information content (AvgIpc) is 2.30. The average molecular weight is 184 g/mol. The predicted octanol–water partition coefficient (Wildman–Crippen LogP) is 2.46. The number of hydrogen-bond donors (Lipinski definition) is 1. The van der Waals surface area contributed by atoms with Crippen LogP contribution in [0.15, 0.2) is 5.51 Å². The molecule has 0 aliphatic heterocycles. The van der Waals surface area contributed by atoms with Crippen molar-refractivity contribution in [2.24, 2.45) is 5.73 Å². The molecule has 68 valence electrons. The highest BCUT2D eigenvalue weighted by atomic mass is 32.1. The SMILES string of the molecule is CC(N)c1scnc1C(C)(C)C. The van der Waals surface area contributed by atoms with Crippen molar-refractivity contribution in [3.05, 3.63) is 16.1 Å². The second-order valence-corrected chi connectivity index (χ2v) is 4.99. The Labute approximate surface area is 77.8 Å². The maximum Gasteiger partial charge on any atom is 0.0798 e. The molecule has 2 nitrogen and oxygen atoms in total. The van der Waals surface area contributed by atoms with Crippen molar-refractivity contribution in [3.8, 4) is 0 Å². The van der Waals surface area contributed by atoms with Crippen molar-refractivity contribution < 1.29 is 0 Å². The molecule has 1 rings (SSSR count). The van der Waals surface area contributed by atoms with Gasteiger partial charge in [0.05, 0.1) is 11.2 Å². The molecule has 1 aromatic rings. The van der Waals surface area contributed by atoms with Crippen molar-refractivity contribution in [2.45, 2.75) is 39.2 Å². The molecule has 2 N–H and O–H groups in total. The van der Waals surface area contributed by atoms with E-state index in [1.165, 1.54) is 4.88 Å². The van der Waals surface area contributed by atoms with Gasteiger partial charge in [-0.05, 0) is 6.92 Å². The number of nitrogens with two attached hydrogens (primary N) is 1. The molecule has 0 fully saturated rings. The maximum atomic E-state index is 5.83. The van der Waals surface area contributed by atoms with Gasteiger partial charge in [0.25, 0.3) is 0 Å². The minimum Gasteiger partial charge on any atom is -0.323 e. The van der Waals surface area contributed by atoms with E-state index in [9.17, 15) is 0 Å². The minimum absolute atomic E-state index is 0.103. The maximum absolute atomic E-state index is 5.83. The Bertz CT molecular complexity index is 258. The summed E-state index contributed by atoms with van der Waals surface area (Å²) in [6.45, 7) is 8.48. The summed E-state index contributed by atoms with van der Waals surface area (Å²) in [7, 11) is 0. The molecule has 0 aliphatic carbocycles. The molecular formula is C9H16N2S. The largest absolute Gasteiger partial charge is 0.323 e. The number of aromatic nitrogens is 1. The van der Waals surface area contributed by atoms with E-state index in [2.05, 4.69) is 25.8 Å². The fourth-order valence-electron chi connectivity index (χ4n) is 1.14. The van der Waals surface area contributed by atoms with Crippen molar-refractivity contribution in [3.63, 3.8) is 0 Å². The van der Waals surface area contributed by atoms with Gasteiger partial charge in [-0.15, -0.1) is 11.3 Å². The Morgan fingerprint density at radius 2 is 2.08 bits per heavy atom. The molecule has 0 amide bonds. The molecule has 0 aliphatic rings. The van der Waals surface area contributed by atoms with Gasteiger partial charge in [-0.25, -0.2) is 4.98 Å². The Hall–Kier alpha value is -0.410. The van der Waals surface area contributed by atoms with Crippen molar-refractivity contribution >= 4 is 11.3 Å². The Kier molecular flexibility index (Phi) is 2.54. The first kappa shape index (κ1) is 9.68. The van der Waals surface area contributed by atoms with Gasteiger partial charge in [-0.2, -0.15) is 0 Å². The quantitative estimate of drug-likeness (QED) is 0.728. The molecule has 0 bridgehead atoms. The zero-order chi connectivity index (χ0) is 9.35. The van der Waals surface area contributed by atoms with Crippen LogP contribution in [0.3, 0.4) is 0 Å². The standard InChI is InChI=1S/C9H16N2S/c1-6(10)7-8(9(2,3)4)11-5-12-7/h5-6H,10H2,1-4H3. The van der Waals surface area contributed by atoms with Crippen molar-refractivity contribution in [2.75, 3.05) is 0 Å². The summed E-state index contributed by atoms with van der Waals surface area (Å²) < 4.78 is 0. The first-order chi connectivity index (χ1) is 5.43. The van der Waals surface area contributed by atoms with Gasteiger partial charge >= 0.3 is 0 Å². The van der Waals surface area contributed by atoms with E-state index in [1.807, 2.05) is 12.4 Å². The normalized spacial score (nSPS) is 14.8. The lowest BCUT2D eigenvalue weighted by molar-refractivity contribution is 0.560. The number of hydrogen-bond acceptors (Lipinski definition) is 3.